The Kier molecular flexibility index (Phi) is 2.58. The van der Waals surface area contributed by atoms with Crippen molar-refractivity contribution in [2.45, 2.75) is 32.2 Å². The van der Waals surface area contributed by atoms with Gasteiger partial charge in [-0.05, 0) is 26.7 Å². The summed E-state index contributed by atoms with van der Waals surface area (Å²) in [5.74, 6) is 0. The molecule has 0 aromatic rings. The smallest absolute Gasteiger partial charge is 0.0499 e. The predicted octanol–water partition coefficient (Wildman–Crippen LogP) is 0.443. The molecule has 2 N–H and O–H groups in total. The minimum Gasteiger partial charge on any atom is -0.396 e. The van der Waals surface area contributed by atoms with Crippen molar-refractivity contribution in [3.8, 4) is 0 Å². The van der Waals surface area contributed by atoms with Crippen LogP contribution < -0.4 is 5.32 Å². The molecule has 0 unspecified atom stereocenters. The highest BCUT2D eigenvalue weighted by Crippen LogP contribution is 2.45. The second kappa shape index (κ2) is 3.47. The average molecular weight is 198 g/mol. The molecule has 2 fully saturated rings. The lowest BCUT2D eigenvalue weighted by atomic mass is 10.00. The van der Waals surface area contributed by atoms with E-state index in [0.717, 1.165) is 26.2 Å². The van der Waals surface area contributed by atoms with Crippen LogP contribution in [0.25, 0.3) is 0 Å². The monoisotopic (exact) mass is 198 g/mol. The molecule has 0 radical (unpaired) electrons. The third-order valence-electron chi connectivity index (χ3n) is 3.50. The zero-order valence-corrected chi connectivity index (χ0v) is 9.34. The highest BCUT2D eigenvalue weighted by atomic mass is 16.3. The Labute approximate surface area is 86.5 Å². The zero-order valence-electron chi connectivity index (χ0n) is 9.34. The summed E-state index contributed by atoms with van der Waals surface area (Å²) in [5.41, 5.74) is 0.511. The van der Waals surface area contributed by atoms with Crippen molar-refractivity contribution in [1.82, 2.24) is 10.2 Å². The first kappa shape index (κ1) is 10.4. The van der Waals surface area contributed by atoms with E-state index < -0.39 is 0 Å². The summed E-state index contributed by atoms with van der Waals surface area (Å²) >= 11 is 0. The maximum absolute atomic E-state index is 9.27. The first-order valence-corrected chi connectivity index (χ1v) is 5.64. The van der Waals surface area contributed by atoms with Gasteiger partial charge in [0.1, 0.15) is 0 Å². The van der Waals surface area contributed by atoms with E-state index in [4.69, 9.17) is 0 Å². The Hall–Kier alpha value is -0.120. The van der Waals surface area contributed by atoms with Crippen molar-refractivity contribution in [3.63, 3.8) is 0 Å². The van der Waals surface area contributed by atoms with Gasteiger partial charge in [-0.1, -0.05) is 0 Å². The summed E-state index contributed by atoms with van der Waals surface area (Å²) in [6.45, 7) is 9.27. The van der Waals surface area contributed by atoms with E-state index in [-0.39, 0.29) is 11.0 Å². The highest BCUT2D eigenvalue weighted by Gasteiger charge is 2.44. The molecular formula is C11H22N2O. The molecule has 0 atom stereocenters. The molecule has 2 rings (SSSR count). The second-order valence-corrected chi connectivity index (χ2v) is 5.68. The van der Waals surface area contributed by atoms with Crippen LogP contribution in [0, 0.1) is 5.41 Å². The number of aliphatic hydroxyl groups is 1. The largest absolute Gasteiger partial charge is 0.396 e. The maximum Gasteiger partial charge on any atom is 0.0499 e. The van der Waals surface area contributed by atoms with E-state index in [0.29, 0.717) is 6.61 Å². The first-order chi connectivity index (χ1) is 6.55. The Bertz CT molecular complexity index is 211. The van der Waals surface area contributed by atoms with Crippen molar-refractivity contribution in [2.75, 3.05) is 32.8 Å². The molecule has 1 aliphatic carbocycles. The molecule has 1 heterocycles. The predicted molar refractivity (Wildman–Crippen MR) is 57.3 cm³/mol. The Balaban J connectivity index is 1.86. The first-order valence-electron chi connectivity index (χ1n) is 5.64. The summed E-state index contributed by atoms with van der Waals surface area (Å²) in [6, 6.07) is 0. The Morgan fingerprint density at radius 3 is 2.57 bits per heavy atom. The molecule has 0 amide bonds. The van der Waals surface area contributed by atoms with Crippen molar-refractivity contribution in [2.24, 2.45) is 5.41 Å². The van der Waals surface area contributed by atoms with Crippen molar-refractivity contribution < 1.29 is 5.11 Å². The molecule has 0 aromatic heterocycles. The fourth-order valence-corrected chi connectivity index (χ4v) is 2.40. The van der Waals surface area contributed by atoms with Gasteiger partial charge in [0.2, 0.25) is 0 Å². The number of piperazine rings is 1. The number of hydrogen-bond acceptors (Lipinski definition) is 3. The van der Waals surface area contributed by atoms with Gasteiger partial charge in [0, 0.05) is 43.7 Å². The molecule has 0 aromatic carbocycles. The van der Waals surface area contributed by atoms with Gasteiger partial charge in [-0.15, -0.1) is 0 Å². The summed E-state index contributed by atoms with van der Waals surface area (Å²) < 4.78 is 0. The second-order valence-electron chi connectivity index (χ2n) is 5.68. The number of hydrogen-bond donors (Lipinski definition) is 2. The molecule has 2 aliphatic rings. The lowest BCUT2D eigenvalue weighted by Crippen LogP contribution is -2.58. The summed E-state index contributed by atoms with van der Waals surface area (Å²) in [5, 5.41) is 12.8. The van der Waals surface area contributed by atoms with E-state index in [9.17, 15) is 5.11 Å². The van der Waals surface area contributed by atoms with Crippen LogP contribution in [0.5, 0.6) is 0 Å². The summed E-state index contributed by atoms with van der Waals surface area (Å²) in [7, 11) is 0. The number of aliphatic hydroxyl groups excluding tert-OH is 1. The van der Waals surface area contributed by atoms with Crippen LogP contribution >= 0.6 is 0 Å². The van der Waals surface area contributed by atoms with Gasteiger partial charge >= 0.3 is 0 Å². The van der Waals surface area contributed by atoms with Crippen LogP contribution in [-0.2, 0) is 0 Å². The molecule has 14 heavy (non-hydrogen) atoms. The third-order valence-corrected chi connectivity index (χ3v) is 3.50. The van der Waals surface area contributed by atoms with Crippen molar-refractivity contribution in [1.29, 1.82) is 0 Å². The lowest BCUT2D eigenvalue weighted by molar-refractivity contribution is 0.102. The fourth-order valence-electron chi connectivity index (χ4n) is 2.40. The molecule has 3 nitrogen and oxygen atoms in total. The maximum atomic E-state index is 9.27. The number of nitrogens with zero attached hydrogens (tertiary/aromatic N) is 1. The normalized spacial score (nSPS) is 30.2. The van der Waals surface area contributed by atoms with Crippen molar-refractivity contribution in [3.05, 3.63) is 0 Å². The average Bonchev–Trinajstić information content (AvgIpc) is 2.84. The van der Waals surface area contributed by atoms with Crippen LogP contribution in [0.1, 0.15) is 26.7 Å². The number of rotatable bonds is 3. The zero-order chi connectivity index (χ0) is 10.2. The minimum absolute atomic E-state index is 0.240. The molecule has 0 bridgehead atoms. The minimum atomic E-state index is 0.240. The van der Waals surface area contributed by atoms with Gasteiger partial charge < -0.3 is 10.4 Å². The van der Waals surface area contributed by atoms with Gasteiger partial charge in [0.25, 0.3) is 0 Å². The summed E-state index contributed by atoms with van der Waals surface area (Å²) in [6.07, 6.45) is 2.43. The van der Waals surface area contributed by atoms with Crippen LogP contribution in [0.2, 0.25) is 0 Å². The Morgan fingerprint density at radius 1 is 1.36 bits per heavy atom. The standard InChI is InChI=1S/C11H22N2O/c1-10(2)7-13(6-5-12-10)8-11(9-14)3-4-11/h12,14H,3-9H2,1-2H3. The molecule has 1 saturated heterocycles. The molecule has 1 saturated carbocycles. The molecule has 82 valence electrons. The fraction of sp³-hybridized carbons (Fsp3) is 1.00. The van der Waals surface area contributed by atoms with E-state index in [1.165, 1.54) is 12.8 Å². The van der Waals surface area contributed by atoms with E-state index in [2.05, 4.69) is 24.1 Å². The topological polar surface area (TPSA) is 35.5 Å². The molecule has 3 heteroatoms. The van der Waals surface area contributed by atoms with Gasteiger partial charge in [-0.3, -0.25) is 4.90 Å². The quantitative estimate of drug-likeness (QED) is 0.691. The SMILES string of the molecule is CC1(C)CN(CC2(CO)CC2)CCN1. The molecule has 0 spiro atoms. The molecule has 1 aliphatic heterocycles. The van der Waals surface area contributed by atoms with E-state index in [1.807, 2.05) is 0 Å². The van der Waals surface area contributed by atoms with E-state index in [1.54, 1.807) is 0 Å². The van der Waals surface area contributed by atoms with Crippen LogP contribution in [0.3, 0.4) is 0 Å². The van der Waals surface area contributed by atoms with Crippen LogP contribution in [-0.4, -0.2) is 48.3 Å². The van der Waals surface area contributed by atoms with Crippen LogP contribution in [0.4, 0.5) is 0 Å². The Morgan fingerprint density at radius 2 is 2.07 bits per heavy atom. The van der Waals surface area contributed by atoms with Gasteiger partial charge in [0.15, 0.2) is 0 Å². The van der Waals surface area contributed by atoms with Crippen molar-refractivity contribution >= 4 is 0 Å². The highest BCUT2D eigenvalue weighted by molar-refractivity contribution is 4.97. The van der Waals surface area contributed by atoms with Gasteiger partial charge in [0.05, 0.1) is 0 Å². The lowest BCUT2D eigenvalue weighted by Gasteiger charge is -2.40. The van der Waals surface area contributed by atoms with Gasteiger partial charge in [-0.2, -0.15) is 0 Å². The van der Waals surface area contributed by atoms with Gasteiger partial charge in [-0.25, -0.2) is 0 Å². The van der Waals surface area contributed by atoms with E-state index >= 15 is 0 Å². The van der Waals surface area contributed by atoms with Crippen LogP contribution in [0.15, 0.2) is 0 Å². The third kappa shape index (κ3) is 2.27. The summed E-state index contributed by atoms with van der Waals surface area (Å²) in [4.78, 5) is 2.50. The molecular weight excluding hydrogens is 176 g/mol. The number of nitrogens with one attached hydrogen (secondary N) is 1.